The standard InChI is InChI=1S/C15H13F3OS/c1-10-8-13(9-11(2)14(10)19)20(15(16,17)18)12-6-4-3-5-7-12/h3-9H,1-2H3/p+1. The second kappa shape index (κ2) is 5.40. The van der Waals surface area contributed by atoms with Crippen LogP contribution < -0.4 is 0 Å². The van der Waals surface area contributed by atoms with Gasteiger partial charge in [-0.3, -0.25) is 0 Å². The molecule has 5 heteroatoms. The van der Waals surface area contributed by atoms with E-state index in [-0.39, 0.29) is 15.5 Å². The fourth-order valence-corrected chi connectivity index (χ4v) is 3.82. The Kier molecular flexibility index (Phi) is 3.99. The molecular weight excluding hydrogens is 285 g/mol. The number of aromatic hydroxyl groups is 1. The summed E-state index contributed by atoms with van der Waals surface area (Å²) in [7, 11) is -2.01. The van der Waals surface area contributed by atoms with E-state index in [0.717, 1.165) is 0 Å². The van der Waals surface area contributed by atoms with Crippen LogP contribution in [0.5, 0.6) is 5.75 Å². The number of phenols is 1. The maximum Gasteiger partial charge on any atom is 0.586 e. The fraction of sp³-hybridized carbons (Fsp3) is 0.200. The molecule has 0 heterocycles. The number of halogens is 3. The molecule has 0 saturated heterocycles. The van der Waals surface area contributed by atoms with Gasteiger partial charge in [0.1, 0.15) is 5.75 Å². The van der Waals surface area contributed by atoms with Crippen molar-refractivity contribution in [3.8, 4) is 5.75 Å². The highest BCUT2D eigenvalue weighted by atomic mass is 32.2. The van der Waals surface area contributed by atoms with Crippen LogP contribution in [0.1, 0.15) is 11.1 Å². The smallest absolute Gasteiger partial charge is 0.507 e. The normalized spacial score (nSPS) is 13.2. The molecule has 0 bridgehead atoms. The number of hydrogen-bond donors (Lipinski definition) is 1. The molecule has 106 valence electrons. The summed E-state index contributed by atoms with van der Waals surface area (Å²) in [5.41, 5.74) is -3.44. The van der Waals surface area contributed by atoms with Crippen molar-refractivity contribution in [3.63, 3.8) is 0 Å². The lowest BCUT2D eigenvalue weighted by atomic mass is 10.1. The highest BCUT2D eigenvalue weighted by molar-refractivity contribution is 7.97. The van der Waals surface area contributed by atoms with Gasteiger partial charge in [0, 0.05) is 12.1 Å². The third-order valence-corrected chi connectivity index (χ3v) is 4.82. The highest BCUT2D eigenvalue weighted by Gasteiger charge is 2.54. The first-order valence-corrected chi connectivity index (χ1v) is 7.19. The zero-order valence-corrected chi connectivity index (χ0v) is 11.8. The van der Waals surface area contributed by atoms with Crippen molar-refractivity contribution < 1.29 is 18.3 Å². The molecule has 2 rings (SSSR count). The lowest BCUT2D eigenvalue weighted by Gasteiger charge is -2.12. The Bertz CT molecular complexity index is 585. The summed E-state index contributed by atoms with van der Waals surface area (Å²) >= 11 is 0. The molecule has 0 spiro atoms. The van der Waals surface area contributed by atoms with E-state index in [2.05, 4.69) is 0 Å². The van der Waals surface area contributed by atoms with E-state index in [4.69, 9.17) is 0 Å². The minimum absolute atomic E-state index is 0.0486. The molecule has 0 amide bonds. The van der Waals surface area contributed by atoms with Gasteiger partial charge in [-0.05, 0) is 37.1 Å². The zero-order chi connectivity index (χ0) is 14.9. The van der Waals surface area contributed by atoms with E-state index in [1.54, 1.807) is 32.0 Å². The van der Waals surface area contributed by atoms with Crippen molar-refractivity contribution in [1.82, 2.24) is 0 Å². The summed E-state index contributed by atoms with van der Waals surface area (Å²) in [6.07, 6.45) is 0. The molecule has 1 unspecified atom stereocenters. The summed E-state index contributed by atoms with van der Waals surface area (Å²) in [5.74, 6) is 0.0486. The first-order chi connectivity index (χ1) is 9.30. The summed E-state index contributed by atoms with van der Waals surface area (Å²) < 4.78 is 40.2. The molecular formula is C15H14F3OS+. The monoisotopic (exact) mass is 299 g/mol. The van der Waals surface area contributed by atoms with E-state index in [0.29, 0.717) is 11.1 Å². The lowest BCUT2D eigenvalue weighted by molar-refractivity contribution is -0.0370. The molecule has 20 heavy (non-hydrogen) atoms. The first kappa shape index (κ1) is 14.8. The van der Waals surface area contributed by atoms with Gasteiger partial charge in [-0.2, -0.15) is 0 Å². The average Bonchev–Trinajstić information content (AvgIpc) is 2.35. The number of hydrogen-bond acceptors (Lipinski definition) is 1. The second-order valence-corrected chi connectivity index (χ2v) is 6.49. The highest BCUT2D eigenvalue weighted by Crippen LogP contribution is 2.40. The summed E-state index contributed by atoms with van der Waals surface area (Å²) in [6, 6.07) is 10.7. The first-order valence-electron chi connectivity index (χ1n) is 5.97. The van der Waals surface area contributed by atoms with Crippen molar-refractivity contribution in [2.24, 2.45) is 0 Å². The minimum atomic E-state index is -4.35. The van der Waals surface area contributed by atoms with Crippen LogP contribution in [0.15, 0.2) is 52.3 Å². The average molecular weight is 299 g/mol. The maximum absolute atomic E-state index is 13.4. The third kappa shape index (κ3) is 2.93. The molecule has 1 nitrogen and oxygen atoms in total. The molecule has 0 aromatic heterocycles. The number of rotatable bonds is 2. The van der Waals surface area contributed by atoms with Crippen LogP contribution in [-0.2, 0) is 10.9 Å². The summed E-state index contributed by atoms with van der Waals surface area (Å²) in [6.45, 7) is 3.21. The van der Waals surface area contributed by atoms with E-state index in [1.165, 1.54) is 24.3 Å². The Morgan fingerprint density at radius 1 is 0.900 bits per heavy atom. The van der Waals surface area contributed by atoms with E-state index in [9.17, 15) is 18.3 Å². The van der Waals surface area contributed by atoms with Crippen molar-refractivity contribution in [1.29, 1.82) is 0 Å². The quantitative estimate of drug-likeness (QED) is 0.806. The van der Waals surface area contributed by atoms with Crippen LogP contribution in [0, 0.1) is 13.8 Å². The molecule has 1 N–H and O–H groups in total. The molecule has 0 aliphatic heterocycles. The predicted molar refractivity (Wildman–Crippen MR) is 74.0 cm³/mol. The summed E-state index contributed by atoms with van der Waals surface area (Å²) in [4.78, 5) is 0.404. The van der Waals surface area contributed by atoms with E-state index < -0.39 is 16.4 Å². The zero-order valence-electron chi connectivity index (χ0n) is 11.0. The van der Waals surface area contributed by atoms with Gasteiger partial charge in [0.15, 0.2) is 20.7 Å². The Hall–Kier alpha value is -1.62. The molecule has 0 fully saturated rings. The van der Waals surface area contributed by atoms with E-state index >= 15 is 0 Å². The van der Waals surface area contributed by atoms with Gasteiger partial charge in [-0.25, -0.2) is 0 Å². The molecule has 2 aromatic carbocycles. The van der Waals surface area contributed by atoms with Crippen LogP contribution in [0.2, 0.25) is 0 Å². The lowest BCUT2D eigenvalue weighted by Crippen LogP contribution is -2.24. The number of aryl methyl sites for hydroxylation is 2. The van der Waals surface area contributed by atoms with Gasteiger partial charge in [0.2, 0.25) is 0 Å². The van der Waals surface area contributed by atoms with Crippen LogP contribution in [0.3, 0.4) is 0 Å². The minimum Gasteiger partial charge on any atom is -0.507 e. The van der Waals surface area contributed by atoms with E-state index in [1.807, 2.05) is 0 Å². The van der Waals surface area contributed by atoms with Gasteiger partial charge in [-0.15, -0.1) is 13.2 Å². The van der Waals surface area contributed by atoms with Gasteiger partial charge in [-0.1, -0.05) is 18.2 Å². The topological polar surface area (TPSA) is 20.2 Å². The molecule has 0 aliphatic carbocycles. The summed E-state index contributed by atoms with van der Waals surface area (Å²) in [5, 5.41) is 9.71. The largest absolute Gasteiger partial charge is 0.586 e. The molecule has 0 aliphatic rings. The number of phenolic OH excluding ortho intramolecular Hbond substituents is 1. The Balaban J connectivity index is 2.59. The number of benzene rings is 2. The van der Waals surface area contributed by atoms with Gasteiger partial charge >= 0.3 is 5.51 Å². The van der Waals surface area contributed by atoms with Crippen LogP contribution >= 0.6 is 0 Å². The SMILES string of the molecule is Cc1cc([S+](c2ccccc2)C(F)(F)F)cc(C)c1O. The van der Waals surface area contributed by atoms with Crippen LogP contribution in [0.4, 0.5) is 13.2 Å². The Morgan fingerprint density at radius 2 is 1.40 bits per heavy atom. The van der Waals surface area contributed by atoms with Gasteiger partial charge in [0.05, 0.1) is 0 Å². The molecule has 0 radical (unpaired) electrons. The van der Waals surface area contributed by atoms with Crippen molar-refractivity contribution >= 4 is 10.9 Å². The van der Waals surface area contributed by atoms with Crippen molar-refractivity contribution in [3.05, 3.63) is 53.6 Å². The molecule has 0 saturated carbocycles. The van der Waals surface area contributed by atoms with Crippen LogP contribution in [-0.4, -0.2) is 10.6 Å². The Labute approximate surface area is 118 Å². The molecule has 2 aromatic rings. The molecule has 1 atom stereocenters. The Morgan fingerprint density at radius 3 is 1.85 bits per heavy atom. The van der Waals surface area contributed by atoms with Crippen LogP contribution in [0.25, 0.3) is 0 Å². The van der Waals surface area contributed by atoms with Gasteiger partial charge in [0.25, 0.3) is 0 Å². The fourth-order valence-electron chi connectivity index (χ4n) is 1.99. The predicted octanol–water partition coefficient (Wildman–Crippen LogP) is 4.57. The second-order valence-electron chi connectivity index (χ2n) is 4.47. The number of alkyl halides is 3. The third-order valence-electron chi connectivity index (χ3n) is 2.91. The van der Waals surface area contributed by atoms with Gasteiger partial charge < -0.3 is 5.11 Å². The van der Waals surface area contributed by atoms with Crippen molar-refractivity contribution in [2.45, 2.75) is 29.1 Å². The maximum atomic E-state index is 13.4. The van der Waals surface area contributed by atoms with Crippen molar-refractivity contribution in [2.75, 3.05) is 0 Å².